The third-order valence-electron chi connectivity index (χ3n) is 8.47. The van der Waals surface area contributed by atoms with Crippen LogP contribution in [0.5, 0.6) is 0 Å². The van der Waals surface area contributed by atoms with Crippen LogP contribution in [0.1, 0.15) is 78.2 Å². The smallest absolute Gasteiger partial charge is 0.265 e. The number of fused-ring (bicyclic) bond motifs is 2. The minimum absolute atomic E-state index is 0.0132. The number of nitrogens with one attached hydrogen (secondary N) is 2. The van der Waals surface area contributed by atoms with Crippen LogP contribution in [0.2, 0.25) is 0 Å². The second kappa shape index (κ2) is 12.8. The normalized spacial score (nSPS) is 20.7. The lowest BCUT2D eigenvalue weighted by Gasteiger charge is -2.39. The third kappa shape index (κ3) is 6.06. The molecule has 3 unspecified atom stereocenters. The van der Waals surface area contributed by atoms with Gasteiger partial charge in [-0.1, -0.05) is 31.4 Å². The number of amides is 1. The maximum Gasteiger partial charge on any atom is 0.265 e. The quantitative estimate of drug-likeness (QED) is 0.0967. The minimum Gasteiger partial charge on any atom is -0.399 e. The monoisotopic (exact) mass is 568 g/mol. The van der Waals surface area contributed by atoms with E-state index < -0.39 is 5.41 Å². The molecule has 0 saturated carbocycles. The van der Waals surface area contributed by atoms with Crippen LogP contribution in [0.15, 0.2) is 60.2 Å². The summed E-state index contributed by atoms with van der Waals surface area (Å²) in [7, 11) is 0. The number of rotatable bonds is 10. The second-order valence-corrected chi connectivity index (χ2v) is 11.8. The summed E-state index contributed by atoms with van der Waals surface area (Å²) in [5.41, 5.74) is 21.6. The predicted molar refractivity (Wildman–Crippen MR) is 169 cm³/mol. The van der Waals surface area contributed by atoms with Crippen LogP contribution in [0.3, 0.4) is 0 Å². The molecule has 9 nitrogen and oxygen atoms in total. The van der Waals surface area contributed by atoms with E-state index in [2.05, 4.69) is 53.9 Å². The Balaban J connectivity index is 1.83. The average Bonchev–Trinajstić information content (AvgIpc) is 3.41. The number of nitrogens with zero attached hydrogens (tertiary/aromatic N) is 3. The first-order chi connectivity index (χ1) is 20.0. The van der Waals surface area contributed by atoms with Gasteiger partial charge in [-0.15, -0.1) is 0 Å². The van der Waals surface area contributed by atoms with Crippen molar-refractivity contribution in [1.29, 1.82) is 5.26 Å². The number of hydrogen-bond acceptors (Lipinski definition) is 7. The molecule has 0 radical (unpaired) electrons. The fourth-order valence-electron chi connectivity index (χ4n) is 6.47. The summed E-state index contributed by atoms with van der Waals surface area (Å²) in [6.45, 7) is 15.8. The van der Waals surface area contributed by atoms with E-state index >= 15 is 0 Å². The standard InChI is InChI=1S/C33H44N8O/c1-20(2)39-32(36)33(17-21(3)38-19-22(4)41-14-6-7-28(41)18-34)29-12-10-24(23(5)35)15-25(29)8-9-26-16-27(31(42)40-37)11-13-30(26)33/h10-13,15-16,20-21,28,38H,4-9,14,17,19,35,37H2,1-3H3,(H2,36,39)(H,40,42). The topological polar surface area (TPSA) is 159 Å². The van der Waals surface area contributed by atoms with E-state index in [0.29, 0.717) is 36.5 Å². The first kappa shape index (κ1) is 30.8. The summed E-state index contributed by atoms with van der Waals surface area (Å²) in [6, 6.07) is 14.2. The van der Waals surface area contributed by atoms with E-state index in [1.165, 1.54) is 0 Å². The molecule has 3 atom stereocenters. The number of aliphatic imine (C=N–C) groups is 1. The number of aryl methyl sites for hydroxylation is 2. The molecule has 8 N–H and O–H groups in total. The van der Waals surface area contributed by atoms with Gasteiger partial charge in [0.2, 0.25) is 0 Å². The van der Waals surface area contributed by atoms with Crippen molar-refractivity contribution < 1.29 is 4.79 Å². The van der Waals surface area contributed by atoms with Crippen molar-refractivity contribution in [1.82, 2.24) is 15.6 Å². The fraction of sp³-hybridized carbons (Fsp3) is 0.424. The molecule has 0 aromatic heterocycles. The molecule has 0 spiro atoms. The van der Waals surface area contributed by atoms with Gasteiger partial charge in [0, 0.05) is 42.1 Å². The molecule has 1 heterocycles. The molecule has 4 rings (SSSR count). The number of amidine groups is 1. The van der Waals surface area contributed by atoms with Gasteiger partial charge in [-0.05, 0) is 98.9 Å². The summed E-state index contributed by atoms with van der Waals surface area (Å²) in [6.07, 6.45) is 3.90. The Labute approximate surface area is 249 Å². The molecular formula is C33H44N8O. The highest BCUT2D eigenvalue weighted by Gasteiger charge is 2.44. The van der Waals surface area contributed by atoms with Crippen molar-refractivity contribution in [2.24, 2.45) is 22.3 Å². The molecule has 42 heavy (non-hydrogen) atoms. The fourth-order valence-corrected chi connectivity index (χ4v) is 6.47. The van der Waals surface area contributed by atoms with Gasteiger partial charge < -0.3 is 21.7 Å². The van der Waals surface area contributed by atoms with Crippen molar-refractivity contribution in [3.8, 4) is 6.07 Å². The largest absolute Gasteiger partial charge is 0.399 e. The van der Waals surface area contributed by atoms with Gasteiger partial charge >= 0.3 is 0 Å². The first-order valence-corrected chi connectivity index (χ1v) is 14.7. The maximum absolute atomic E-state index is 12.5. The van der Waals surface area contributed by atoms with E-state index in [-0.39, 0.29) is 24.0 Å². The highest BCUT2D eigenvalue weighted by Crippen LogP contribution is 2.44. The molecule has 1 fully saturated rings. The maximum atomic E-state index is 12.5. The average molecular weight is 569 g/mol. The summed E-state index contributed by atoms with van der Waals surface area (Å²) in [5.74, 6) is 5.65. The van der Waals surface area contributed by atoms with Crippen LogP contribution in [-0.4, -0.2) is 47.9 Å². The number of nitrogen functional groups attached to an aromatic ring is 1. The summed E-state index contributed by atoms with van der Waals surface area (Å²) < 4.78 is 0. The molecule has 2 aliphatic rings. The van der Waals surface area contributed by atoms with Crippen molar-refractivity contribution in [2.75, 3.05) is 13.1 Å². The van der Waals surface area contributed by atoms with Crippen LogP contribution in [0.25, 0.3) is 5.70 Å². The number of carbonyl (C=O) groups is 1. The number of nitrogens with two attached hydrogens (primary N) is 3. The zero-order valence-electron chi connectivity index (χ0n) is 25.0. The van der Waals surface area contributed by atoms with Gasteiger partial charge in [-0.2, -0.15) is 5.26 Å². The minimum atomic E-state index is -0.784. The Morgan fingerprint density at radius 2 is 1.74 bits per heavy atom. The number of carbonyl (C=O) groups excluding carboxylic acids is 1. The van der Waals surface area contributed by atoms with E-state index in [4.69, 9.17) is 22.3 Å². The Morgan fingerprint density at radius 3 is 2.31 bits per heavy atom. The van der Waals surface area contributed by atoms with Crippen molar-refractivity contribution in [3.63, 3.8) is 0 Å². The Morgan fingerprint density at radius 1 is 1.12 bits per heavy atom. The lowest BCUT2D eigenvalue weighted by Crippen LogP contribution is -2.48. The Kier molecular flexibility index (Phi) is 9.40. The van der Waals surface area contributed by atoms with E-state index in [1.54, 1.807) is 6.07 Å². The summed E-state index contributed by atoms with van der Waals surface area (Å²) in [5, 5.41) is 13.2. The number of nitriles is 1. The van der Waals surface area contributed by atoms with Crippen molar-refractivity contribution >= 4 is 17.4 Å². The first-order valence-electron chi connectivity index (χ1n) is 14.7. The van der Waals surface area contributed by atoms with E-state index in [0.717, 1.165) is 59.3 Å². The van der Waals surface area contributed by atoms with Gasteiger partial charge in [-0.3, -0.25) is 15.2 Å². The molecule has 1 amide bonds. The number of hydrazine groups is 1. The van der Waals surface area contributed by atoms with Gasteiger partial charge in [0.25, 0.3) is 5.91 Å². The van der Waals surface area contributed by atoms with Crippen LogP contribution in [-0.2, 0) is 18.3 Å². The number of hydrogen-bond donors (Lipinski definition) is 5. The molecule has 2 aromatic carbocycles. The summed E-state index contributed by atoms with van der Waals surface area (Å²) >= 11 is 0. The highest BCUT2D eigenvalue weighted by molar-refractivity contribution is 5.98. The zero-order valence-corrected chi connectivity index (χ0v) is 25.0. The lowest BCUT2D eigenvalue weighted by atomic mass is 9.67. The van der Waals surface area contributed by atoms with Crippen LogP contribution in [0.4, 0.5) is 0 Å². The Hall–Kier alpha value is -4.13. The predicted octanol–water partition coefficient (Wildman–Crippen LogP) is 3.24. The van der Waals surface area contributed by atoms with Gasteiger partial charge in [0.15, 0.2) is 0 Å². The summed E-state index contributed by atoms with van der Waals surface area (Å²) in [4.78, 5) is 19.5. The molecule has 1 aliphatic heterocycles. The molecule has 0 bridgehead atoms. The van der Waals surface area contributed by atoms with Crippen molar-refractivity contribution in [3.05, 3.63) is 88.6 Å². The van der Waals surface area contributed by atoms with E-state index in [9.17, 15) is 10.1 Å². The van der Waals surface area contributed by atoms with Gasteiger partial charge in [-0.25, -0.2) is 5.84 Å². The third-order valence-corrected chi connectivity index (χ3v) is 8.47. The van der Waals surface area contributed by atoms with Crippen LogP contribution in [0, 0.1) is 11.3 Å². The van der Waals surface area contributed by atoms with Crippen LogP contribution >= 0.6 is 0 Å². The van der Waals surface area contributed by atoms with Gasteiger partial charge in [0.1, 0.15) is 11.9 Å². The molecule has 1 saturated heterocycles. The molecular weight excluding hydrogens is 524 g/mol. The molecule has 222 valence electrons. The van der Waals surface area contributed by atoms with E-state index in [1.807, 2.05) is 32.0 Å². The zero-order chi connectivity index (χ0) is 30.6. The molecule has 2 aromatic rings. The van der Waals surface area contributed by atoms with Gasteiger partial charge in [0.05, 0.1) is 11.5 Å². The number of benzene rings is 2. The highest BCUT2D eigenvalue weighted by atomic mass is 16.2. The Bertz CT molecular complexity index is 1440. The van der Waals surface area contributed by atoms with Crippen molar-refractivity contribution in [2.45, 2.75) is 76.4 Å². The van der Waals surface area contributed by atoms with Crippen LogP contribution < -0.4 is 28.1 Å². The molecule has 9 heteroatoms. The second-order valence-electron chi connectivity index (χ2n) is 11.8. The lowest BCUT2D eigenvalue weighted by molar-refractivity contribution is 0.0953. The SMILES string of the molecule is C=C(N)c1ccc2c(c1)CCc1cc(C(=O)NN)ccc1C2(CC(C)NCC(=C)N1CCCC1C#N)C(N)=NC(C)C. The molecule has 1 aliphatic carbocycles. The number of likely N-dealkylation sites (tertiary alicyclic amines) is 1.